The van der Waals surface area contributed by atoms with Gasteiger partial charge in [-0.25, -0.2) is 0 Å². The van der Waals surface area contributed by atoms with E-state index in [-0.39, 0.29) is 12.5 Å². The van der Waals surface area contributed by atoms with Gasteiger partial charge in [-0.15, -0.1) is 0 Å². The summed E-state index contributed by atoms with van der Waals surface area (Å²) in [5.41, 5.74) is 0.668. The largest absolute Gasteiger partial charge is 0.416 e. The minimum atomic E-state index is -4.42. The zero-order valence-corrected chi connectivity index (χ0v) is 17.0. The van der Waals surface area contributed by atoms with Gasteiger partial charge < -0.3 is 9.64 Å². The molecule has 1 aliphatic rings. The normalized spacial score (nSPS) is 15.8. The van der Waals surface area contributed by atoms with Crippen molar-refractivity contribution >= 4 is 5.91 Å². The van der Waals surface area contributed by atoms with Gasteiger partial charge in [0, 0.05) is 38.3 Å². The molecule has 3 rings (SSSR count). The van der Waals surface area contributed by atoms with Crippen molar-refractivity contribution in [2.24, 2.45) is 0 Å². The van der Waals surface area contributed by atoms with Gasteiger partial charge in [-0.3, -0.25) is 9.69 Å². The highest BCUT2D eigenvalue weighted by Gasteiger charge is 2.31. The van der Waals surface area contributed by atoms with Crippen molar-refractivity contribution in [1.82, 2.24) is 9.80 Å². The number of alkyl halides is 6. The summed E-state index contributed by atoms with van der Waals surface area (Å²) in [5, 5.41) is 0. The van der Waals surface area contributed by atoms with E-state index in [9.17, 15) is 31.1 Å². The van der Waals surface area contributed by atoms with Gasteiger partial charge in [-0.2, -0.15) is 26.3 Å². The summed E-state index contributed by atoms with van der Waals surface area (Å²) >= 11 is 0. The summed E-state index contributed by atoms with van der Waals surface area (Å²) in [6.45, 7) is 0.508. The van der Waals surface area contributed by atoms with Gasteiger partial charge >= 0.3 is 12.4 Å². The molecule has 1 saturated heterocycles. The lowest BCUT2D eigenvalue weighted by Crippen LogP contribution is -2.48. The predicted molar refractivity (Wildman–Crippen MR) is 105 cm³/mol. The van der Waals surface area contributed by atoms with Crippen LogP contribution in [-0.2, 0) is 24.1 Å². The lowest BCUT2D eigenvalue weighted by atomic mass is 10.1. The number of carbonyl (C=O) groups is 1. The van der Waals surface area contributed by atoms with Crippen molar-refractivity contribution in [3.8, 4) is 0 Å². The Kier molecular flexibility index (Phi) is 7.45. The van der Waals surface area contributed by atoms with Crippen LogP contribution in [0.4, 0.5) is 26.3 Å². The molecular weight excluding hydrogens is 438 g/mol. The molecule has 1 fully saturated rings. The Morgan fingerprint density at radius 3 is 2.19 bits per heavy atom. The third-order valence-electron chi connectivity index (χ3n) is 5.03. The Bertz CT molecular complexity index is 921. The van der Waals surface area contributed by atoms with Crippen LogP contribution in [0.2, 0.25) is 0 Å². The number of carbonyl (C=O) groups excluding carboxylic acids is 1. The van der Waals surface area contributed by atoms with Crippen LogP contribution in [0.5, 0.6) is 0 Å². The minimum Gasteiger partial charge on any atom is -0.367 e. The van der Waals surface area contributed by atoms with E-state index in [1.807, 2.05) is 4.90 Å². The van der Waals surface area contributed by atoms with Gasteiger partial charge in [0.25, 0.3) is 5.91 Å². The van der Waals surface area contributed by atoms with Crippen LogP contribution in [-0.4, -0.2) is 54.7 Å². The number of benzene rings is 2. The summed E-state index contributed by atoms with van der Waals surface area (Å²) in [5.74, 6) is -0.249. The molecule has 32 heavy (non-hydrogen) atoms. The lowest BCUT2D eigenvalue weighted by molar-refractivity contribution is -0.176. The van der Waals surface area contributed by atoms with Gasteiger partial charge in [-0.1, -0.05) is 30.3 Å². The molecule has 1 heterocycles. The maximum Gasteiger partial charge on any atom is 0.416 e. The second-order valence-corrected chi connectivity index (χ2v) is 7.57. The number of ether oxygens (including phenoxy) is 1. The molecule has 174 valence electrons. The van der Waals surface area contributed by atoms with Gasteiger partial charge in [0.2, 0.25) is 0 Å². The van der Waals surface area contributed by atoms with Crippen molar-refractivity contribution in [2.45, 2.75) is 25.5 Å². The monoisotopic (exact) mass is 460 g/mol. The molecule has 1 amide bonds. The summed E-state index contributed by atoms with van der Waals surface area (Å²) in [7, 11) is 0. The Hall–Kier alpha value is -2.59. The fourth-order valence-corrected chi connectivity index (χ4v) is 3.47. The molecule has 0 atom stereocenters. The Morgan fingerprint density at radius 1 is 0.875 bits per heavy atom. The van der Waals surface area contributed by atoms with Crippen molar-refractivity contribution in [1.29, 1.82) is 0 Å². The number of rotatable bonds is 6. The summed E-state index contributed by atoms with van der Waals surface area (Å²) in [4.78, 5) is 16.4. The summed E-state index contributed by atoms with van der Waals surface area (Å²) in [6.07, 6.45) is -8.81. The number of nitrogens with zero attached hydrogens (tertiary/aromatic N) is 2. The molecule has 0 unspecified atom stereocenters. The molecule has 0 N–H and O–H groups in total. The summed E-state index contributed by atoms with van der Waals surface area (Å²) < 4.78 is 79.9. The van der Waals surface area contributed by atoms with Crippen molar-refractivity contribution in [2.75, 3.05) is 32.8 Å². The average Bonchev–Trinajstić information content (AvgIpc) is 2.73. The first kappa shape index (κ1) is 24.1. The van der Waals surface area contributed by atoms with E-state index in [0.29, 0.717) is 49.4 Å². The van der Waals surface area contributed by atoms with Crippen molar-refractivity contribution in [3.05, 3.63) is 70.8 Å². The molecule has 0 radical (unpaired) electrons. The minimum absolute atomic E-state index is 0.249. The van der Waals surface area contributed by atoms with Crippen LogP contribution in [0.1, 0.15) is 27.0 Å². The number of amides is 1. The maximum absolute atomic E-state index is 12.9. The van der Waals surface area contributed by atoms with Gasteiger partial charge in [0.1, 0.15) is 6.61 Å². The third-order valence-corrected chi connectivity index (χ3v) is 5.03. The SMILES string of the molecule is O=C(c1cccc(COCC(F)(F)F)c1)N1CCN(Cc2cccc(C(F)(F)F)c2)CC1. The zero-order chi connectivity index (χ0) is 23.4. The summed E-state index contributed by atoms with van der Waals surface area (Å²) in [6, 6.07) is 11.4. The van der Waals surface area contributed by atoms with Gasteiger partial charge in [0.05, 0.1) is 12.2 Å². The molecule has 1 aliphatic heterocycles. The van der Waals surface area contributed by atoms with Crippen LogP contribution >= 0.6 is 0 Å². The van der Waals surface area contributed by atoms with E-state index in [4.69, 9.17) is 0 Å². The second-order valence-electron chi connectivity index (χ2n) is 7.57. The van der Waals surface area contributed by atoms with Gasteiger partial charge in [0.15, 0.2) is 0 Å². The predicted octanol–water partition coefficient (Wildman–Crippen LogP) is 4.74. The van der Waals surface area contributed by atoms with Crippen LogP contribution in [0.15, 0.2) is 48.5 Å². The van der Waals surface area contributed by atoms with Crippen molar-refractivity contribution < 1.29 is 35.9 Å². The number of hydrogen-bond donors (Lipinski definition) is 0. The van der Waals surface area contributed by atoms with Gasteiger partial charge in [-0.05, 0) is 29.3 Å². The molecule has 4 nitrogen and oxygen atoms in total. The first-order valence-corrected chi connectivity index (χ1v) is 9.92. The number of piperazine rings is 1. The van der Waals surface area contributed by atoms with Crippen LogP contribution in [0.3, 0.4) is 0 Å². The zero-order valence-electron chi connectivity index (χ0n) is 17.0. The topological polar surface area (TPSA) is 32.8 Å². The highest BCUT2D eigenvalue weighted by Crippen LogP contribution is 2.29. The molecule has 10 heteroatoms. The van der Waals surface area contributed by atoms with E-state index >= 15 is 0 Å². The highest BCUT2D eigenvalue weighted by atomic mass is 19.4. The molecule has 0 bridgehead atoms. The number of hydrogen-bond acceptors (Lipinski definition) is 3. The maximum atomic E-state index is 12.9. The van der Waals surface area contributed by atoms with E-state index in [0.717, 1.165) is 12.1 Å². The molecule has 0 aliphatic carbocycles. The van der Waals surface area contributed by atoms with Crippen molar-refractivity contribution in [3.63, 3.8) is 0 Å². The first-order chi connectivity index (χ1) is 15.0. The fourth-order valence-electron chi connectivity index (χ4n) is 3.47. The molecule has 0 aromatic heterocycles. The lowest BCUT2D eigenvalue weighted by Gasteiger charge is -2.35. The fraction of sp³-hybridized carbons (Fsp3) is 0.409. The molecular formula is C22H22F6N2O2. The molecule has 2 aromatic carbocycles. The smallest absolute Gasteiger partial charge is 0.367 e. The molecule has 0 spiro atoms. The average molecular weight is 460 g/mol. The first-order valence-electron chi connectivity index (χ1n) is 9.92. The highest BCUT2D eigenvalue weighted by molar-refractivity contribution is 5.94. The van der Waals surface area contributed by atoms with E-state index in [2.05, 4.69) is 4.74 Å². The van der Waals surface area contributed by atoms with Crippen LogP contribution in [0.25, 0.3) is 0 Å². The van der Waals surface area contributed by atoms with Crippen LogP contribution in [0, 0.1) is 0 Å². The Labute approximate surface area is 181 Å². The standard InChI is InChI=1S/C22H22F6N2O2/c23-21(24,25)15-32-14-17-4-1-5-18(11-17)20(31)30-9-7-29(8-10-30)13-16-3-2-6-19(12-16)22(26,27)28/h1-6,11-12H,7-10,13-15H2. The quantitative estimate of drug-likeness (QED) is 0.584. The van der Waals surface area contributed by atoms with Crippen LogP contribution < -0.4 is 0 Å². The Balaban J connectivity index is 1.53. The second kappa shape index (κ2) is 9.91. The molecule has 0 saturated carbocycles. The Morgan fingerprint density at radius 2 is 1.53 bits per heavy atom. The molecule has 2 aromatic rings. The third kappa shape index (κ3) is 6.96. The van der Waals surface area contributed by atoms with E-state index < -0.39 is 24.5 Å². The number of halogens is 6. The van der Waals surface area contributed by atoms with E-state index in [1.165, 1.54) is 12.1 Å². The van der Waals surface area contributed by atoms with E-state index in [1.54, 1.807) is 29.2 Å².